The van der Waals surface area contributed by atoms with Gasteiger partial charge in [0, 0.05) is 16.7 Å². The number of Topliss-reactive ketones (excluding diaryl/α,β-unsaturated/α-hetero) is 1. The Balaban J connectivity index is 1.90. The van der Waals surface area contributed by atoms with Gasteiger partial charge < -0.3 is 5.11 Å². The summed E-state index contributed by atoms with van der Waals surface area (Å²) in [5.41, 5.74) is 0.898. The maximum atomic E-state index is 13.1. The van der Waals surface area contributed by atoms with E-state index in [-0.39, 0.29) is 23.7 Å². The highest BCUT2D eigenvalue weighted by molar-refractivity contribution is 7.10. The molecule has 1 N–H and O–H groups in total. The molecule has 2 heterocycles. The van der Waals surface area contributed by atoms with Gasteiger partial charge in [0.15, 0.2) is 11.5 Å². The Morgan fingerprint density at radius 3 is 2.57 bits per heavy atom. The number of thiophene rings is 1. The van der Waals surface area contributed by atoms with E-state index < -0.39 is 17.7 Å². The van der Waals surface area contributed by atoms with E-state index in [9.17, 15) is 14.7 Å². The molecule has 1 unspecified atom stereocenters. The second-order valence-corrected chi connectivity index (χ2v) is 8.35. The van der Waals surface area contributed by atoms with Crippen LogP contribution in [-0.2, 0) is 9.59 Å². The van der Waals surface area contributed by atoms with E-state index in [1.165, 1.54) is 11.3 Å². The minimum atomic E-state index is -0.607. The highest BCUT2D eigenvalue weighted by Crippen LogP contribution is 2.44. The number of benzene rings is 2. The summed E-state index contributed by atoms with van der Waals surface area (Å²) in [5.74, 6) is -1.00. The summed E-state index contributed by atoms with van der Waals surface area (Å²) in [7, 11) is 0. The van der Waals surface area contributed by atoms with Crippen LogP contribution >= 0.6 is 11.3 Å². The van der Waals surface area contributed by atoms with Gasteiger partial charge in [-0.15, -0.1) is 11.3 Å². The van der Waals surface area contributed by atoms with E-state index in [1.54, 1.807) is 4.90 Å². The molecule has 0 saturated heterocycles. The van der Waals surface area contributed by atoms with E-state index in [2.05, 4.69) is 0 Å². The Morgan fingerprint density at radius 2 is 1.86 bits per heavy atom. The van der Waals surface area contributed by atoms with Gasteiger partial charge in [0.25, 0.3) is 5.91 Å². The van der Waals surface area contributed by atoms with Crippen molar-refractivity contribution in [3.63, 3.8) is 0 Å². The largest absolute Gasteiger partial charge is 0.503 e. The van der Waals surface area contributed by atoms with Crippen LogP contribution in [0.15, 0.2) is 71.3 Å². The quantitative estimate of drug-likeness (QED) is 0.632. The van der Waals surface area contributed by atoms with Gasteiger partial charge >= 0.3 is 0 Å². The van der Waals surface area contributed by atoms with Crippen LogP contribution in [0.1, 0.15) is 31.2 Å². The first kappa shape index (κ1) is 18.4. The van der Waals surface area contributed by atoms with Crippen molar-refractivity contribution in [3.8, 4) is 0 Å². The number of anilines is 1. The molecule has 0 saturated carbocycles. The lowest BCUT2D eigenvalue weighted by Gasteiger charge is -2.27. The van der Waals surface area contributed by atoms with Gasteiger partial charge in [-0.2, -0.15) is 0 Å². The molecule has 0 radical (unpaired) electrons. The van der Waals surface area contributed by atoms with Gasteiger partial charge in [0.05, 0.1) is 11.3 Å². The molecule has 4 rings (SSSR count). The Bertz CT molecular complexity index is 1080. The van der Waals surface area contributed by atoms with Crippen molar-refractivity contribution in [3.05, 3.63) is 76.2 Å². The van der Waals surface area contributed by atoms with Gasteiger partial charge in [-0.1, -0.05) is 56.3 Å². The van der Waals surface area contributed by atoms with Crippen molar-refractivity contribution in [2.45, 2.75) is 26.3 Å². The van der Waals surface area contributed by atoms with Gasteiger partial charge in [-0.3, -0.25) is 14.5 Å². The number of nitrogens with zero attached hydrogens (tertiary/aromatic N) is 1. The van der Waals surface area contributed by atoms with Crippen LogP contribution in [-0.4, -0.2) is 16.8 Å². The van der Waals surface area contributed by atoms with Crippen molar-refractivity contribution >= 4 is 39.5 Å². The summed E-state index contributed by atoms with van der Waals surface area (Å²) in [4.78, 5) is 28.5. The van der Waals surface area contributed by atoms with Crippen LogP contribution in [0.25, 0.3) is 10.8 Å². The molecule has 1 aliphatic rings. The standard InChI is InChI=1S/C23H21NO3S/c1-14(2)13-18(25)20-21(19-11-6-12-28-19)24(23(27)22(20)26)17-10-5-8-15-7-3-4-9-16(15)17/h3-12,14,21,26H,13H2,1-2H3. The summed E-state index contributed by atoms with van der Waals surface area (Å²) in [6.45, 7) is 3.91. The zero-order valence-electron chi connectivity index (χ0n) is 15.8. The Morgan fingerprint density at radius 1 is 1.11 bits per heavy atom. The highest BCUT2D eigenvalue weighted by Gasteiger charge is 2.45. The van der Waals surface area contributed by atoms with Crippen LogP contribution < -0.4 is 4.90 Å². The zero-order valence-corrected chi connectivity index (χ0v) is 16.6. The summed E-state index contributed by atoms with van der Waals surface area (Å²) >= 11 is 1.48. The Hall–Kier alpha value is -2.92. The first-order valence-corrected chi connectivity index (χ1v) is 10.2. The number of hydrogen-bond acceptors (Lipinski definition) is 4. The molecule has 1 aromatic heterocycles. The summed E-state index contributed by atoms with van der Waals surface area (Å²) in [6.07, 6.45) is 0.290. The summed E-state index contributed by atoms with van der Waals surface area (Å²) in [5, 5.41) is 14.5. The molecular formula is C23H21NO3S. The number of aliphatic hydroxyl groups excluding tert-OH is 1. The average molecular weight is 391 g/mol. The number of carbonyl (C=O) groups excluding carboxylic acids is 2. The molecular weight excluding hydrogens is 370 g/mol. The molecule has 4 nitrogen and oxygen atoms in total. The molecule has 0 fully saturated rings. The second-order valence-electron chi connectivity index (χ2n) is 7.37. The second kappa shape index (κ2) is 7.24. The number of rotatable bonds is 5. The van der Waals surface area contributed by atoms with Crippen molar-refractivity contribution in [2.24, 2.45) is 5.92 Å². The Kier molecular flexibility index (Phi) is 4.77. The normalized spacial score (nSPS) is 17.2. The smallest absolute Gasteiger partial charge is 0.294 e. The molecule has 0 spiro atoms. The zero-order chi connectivity index (χ0) is 19.8. The van der Waals surface area contributed by atoms with Crippen molar-refractivity contribution in [1.82, 2.24) is 0 Å². The lowest BCUT2D eigenvalue weighted by atomic mass is 9.95. The molecule has 3 aromatic rings. The Labute approximate surface area is 167 Å². The van der Waals surface area contributed by atoms with E-state index in [4.69, 9.17) is 0 Å². The van der Waals surface area contributed by atoms with Gasteiger partial charge in [-0.05, 0) is 28.8 Å². The molecule has 2 aromatic carbocycles. The fourth-order valence-electron chi connectivity index (χ4n) is 3.75. The molecule has 0 aliphatic carbocycles. The first-order valence-electron chi connectivity index (χ1n) is 9.30. The van der Waals surface area contributed by atoms with Crippen LogP contribution in [0.2, 0.25) is 0 Å². The number of carbonyl (C=O) groups is 2. The maximum Gasteiger partial charge on any atom is 0.294 e. The lowest BCUT2D eigenvalue weighted by molar-refractivity contribution is -0.118. The fourth-order valence-corrected chi connectivity index (χ4v) is 4.58. The van der Waals surface area contributed by atoms with Crippen molar-refractivity contribution < 1.29 is 14.7 Å². The molecule has 0 bridgehead atoms. The van der Waals surface area contributed by atoms with Crippen molar-refractivity contribution in [2.75, 3.05) is 4.90 Å². The third-order valence-electron chi connectivity index (χ3n) is 4.94. The molecule has 1 atom stereocenters. The minimum absolute atomic E-state index is 0.137. The van der Waals surface area contributed by atoms with Crippen LogP contribution in [0.3, 0.4) is 0 Å². The number of amides is 1. The summed E-state index contributed by atoms with van der Waals surface area (Å²) in [6, 6.07) is 16.7. The first-order chi connectivity index (χ1) is 13.5. The van der Waals surface area contributed by atoms with E-state index in [1.807, 2.05) is 73.8 Å². The van der Waals surface area contributed by atoms with Crippen LogP contribution in [0.5, 0.6) is 0 Å². The number of hydrogen-bond donors (Lipinski definition) is 1. The molecule has 28 heavy (non-hydrogen) atoms. The minimum Gasteiger partial charge on any atom is -0.503 e. The SMILES string of the molecule is CC(C)CC(=O)C1=C(O)C(=O)N(c2cccc3ccccc23)C1c1cccs1. The van der Waals surface area contributed by atoms with Gasteiger partial charge in [-0.25, -0.2) is 0 Å². The van der Waals surface area contributed by atoms with Crippen molar-refractivity contribution in [1.29, 1.82) is 0 Å². The molecule has 5 heteroatoms. The predicted molar refractivity (Wildman–Crippen MR) is 113 cm³/mol. The number of aliphatic hydroxyl groups is 1. The lowest BCUT2D eigenvalue weighted by Crippen LogP contribution is -2.30. The van der Waals surface area contributed by atoms with E-state index in [0.29, 0.717) is 5.69 Å². The predicted octanol–water partition coefficient (Wildman–Crippen LogP) is 5.42. The van der Waals surface area contributed by atoms with E-state index >= 15 is 0 Å². The number of fused-ring (bicyclic) bond motifs is 1. The topological polar surface area (TPSA) is 57.6 Å². The number of ketones is 1. The average Bonchev–Trinajstić information content (AvgIpc) is 3.28. The molecule has 1 aliphatic heterocycles. The molecule has 1 amide bonds. The summed E-state index contributed by atoms with van der Waals surface area (Å²) < 4.78 is 0. The van der Waals surface area contributed by atoms with Crippen LogP contribution in [0, 0.1) is 5.92 Å². The maximum absolute atomic E-state index is 13.1. The highest BCUT2D eigenvalue weighted by atomic mass is 32.1. The third-order valence-corrected chi connectivity index (χ3v) is 5.87. The molecule has 142 valence electrons. The monoisotopic (exact) mass is 391 g/mol. The third kappa shape index (κ3) is 3.02. The van der Waals surface area contributed by atoms with Gasteiger partial charge in [0.1, 0.15) is 6.04 Å². The van der Waals surface area contributed by atoms with Gasteiger partial charge in [0.2, 0.25) is 0 Å². The fraction of sp³-hybridized carbons (Fsp3) is 0.217. The van der Waals surface area contributed by atoms with Crippen LogP contribution in [0.4, 0.5) is 5.69 Å². The van der Waals surface area contributed by atoms with E-state index in [0.717, 1.165) is 15.6 Å².